The van der Waals surface area contributed by atoms with Gasteiger partial charge in [0.2, 0.25) is 5.91 Å². The standard InChI is InChI=1S/C19H23N5O2/c1-13(2)22-16(25)11-23-7-9-24(10-8-23)19-18-17(20-12-21-19)14-5-3-4-6-15(14)26-18/h3-6,12-13H,7-11H2,1-2H3,(H,22,25). The Bertz CT molecular complexity index is 928. The summed E-state index contributed by atoms with van der Waals surface area (Å²) in [4.78, 5) is 25.2. The van der Waals surface area contributed by atoms with Crippen LogP contribution in [0.3, 0.4) is 0 Å². The fraction of sp³-hybridized carbons (Fsp3) is 0.421. The minimum atomic E-state index is 0.0789. The van der Waals surface area contributed by atoms with Gasteiger partial charge in [-0.1, -0.05) is 12.1 Å². The van der Waals surface area contributed by atoms with Crippen LogP contribution in [0.4, 0.5) is 5.82 Å². The van der Waals surface area contributed by atoms with Gasteiger partial charge in [-0.05, 0) is 26.0 Å². The van der Waals surface area contributed by atoms with Crippen molar-refractivity contribution in [3.63, 3.8) is 0 Å². The molecule has 2 aromatic heterocycles. The zero-order chi connectivity index (χ0) is 18.1. The molecule has 3 heterocycles. The number of amides is 1. The van der Waals surface area contributed by atoms with Gasteiger partial charge in [0.25, 0.3) is 0 Å². The van der Waals surface area contributed by atoms with Gasteiger partial charge in [-0.2, -0.15) is 0 Å². The molecule has 3 aromatic rings. The number of carbonyl (C=O) groups excluding carboxylic acids is 1. The molecule has 1 amide bonds. The molecule has 7 nitrogen and oxygen atoms in total. The molecule has 0 bridgehead atoms. The first-order valence-corrected chi connectivity index (χ1v) is 9.01. The molecule has 0 atom stereocenters. The predicted octanol–water partition coefficient (Wildman–Crippen LogP) is 2.02. The van der Waals surface area contributed by atoms with Crippen LogP contribution in [0, 0.1) is 0 Å². The van der Waals surface area contributed by atoms with Gasteiger partial charge >= 0.3 is 0 Å². The van der Waals surface area contributed by atoms with E-state index in [2.05, 4.69) is 25.1 Å². The van der Waals surface area contributed by atoms with Gasteiger partial charge < -0.3 is 14.6 Å². The van der Waals surface area contributed by atoms with E-state index >= 15 is 0 Å². The quantitative estimate of drug-likeness (QED) is 0.773. The highest BCUT2D eigenvalue weighted by molar-refractivity contribution is 6.05. The summed E-state index contributed by atoms with van der Waals surface area (Å²) >= 11 is 0. The minimum Gasteiger partial charge on any atom is -0.450 e. The number of para-hydroxylation sites is 1. The molecule has 1 saturated heterocycles. The average molecular weight is 353 g/mol. The normalized spacial score (nSPS) is 15.9. The van der Waals surface area contributed by atoms with E-state index in [0.717, 1.165) is 54.1 Å². The maximum Gasteiger partial charge on any atom is 0.234 e. The van der Waals surface area contributed by atoms with Crippen molar-refractivity contribution in [2.45, 2.75) is 19.9 Å². The van der Waals surface area contributed by atoms with Crippen LogP contribution in [0.1, 0.15) is 13.8 Å². The first-order chi connectivity index (χ1) is 12.6. The van der Waals surface area contributed by atoms with Crippen LogP contribution in [-0.2, 0) is 4.79 Å². The molecule has 0 aliphatic carbocycles. The lowest BCUT2D eigenvalue weighted by Crippen LogP contribution is -2.50. The number of nitrogens with zero attached hydrogens (tertiary/aromatic N) is 4. The Balaban J connectivity index is 1.50. The molecule has 0 radical (unpaired) electrons. The van der Waals surface area contributed by atoms with Crippen LogP contribution >= 0.6 is 0 Å². The number of furan rings is 1. The first-order valence-electron chi connectivity index (χ1n) is 9.01. The van der Waals surface area contributed by atoms with Crippen LogP contribution in [0.15, 0.2) is 35.0 Å². The Morgan fingerprint density at radius 2 is 1.96 bits per heavy atom. The fourth-order valence-electron chi connectivity index (χ4n) is 3.43. The van der Waals surface area contributed by atoms with Crippen molar-refractivity contribution in [2.24, 2.45) is 0 Å². The molecule has 0 saturated carbocycles. The number of nitrogens with one attached hydrogen (secondary N) is 1. The zero-order valence-electron chi connectivity index (χ0n) is 15.1. The first kappa shape index (κ1) is 16.8. The highest BCUT2D eigenvalue weighted by Gasteiger charge is 2.23. The number of fused-ring (bicyclic) bond motifs is 3. The van der Waals surface area contributed by atoms with E-state index in [-0.39, 0.29) is 11.9 Å². The van der Waals surface area contributed by atoms with E-state index in [0.29, 0.717) is 6.54 Å². The Hall–Kier alpha value is -2.67. The average Bonchev–Trinajstić information content (AvgIpc) is 3.00. The lowest BCUT2D eigenvalue weighted by Gasteiger charge is -2.34. The third-order valence-electron chi connectivity index (χ3n) is 4.63. The van der Waals surface area contributed by atoms with Crippen LogP contribution in [0.25, 0.3) is 22.1 Å². The predicted molar refractivity (Wildman–Crippen MR) is 101 cm³/mol. The van der Waals surface area contributed by atoms with Crippen molar-refractivity contribution >= 4 is 33.8 Å². The van der Waals surface area contributed by atoms with Gasteiger partial charge in [0, 0.05) is 37.6 Å². The van der Waals surface area contributed by atoms with Gasteiger partial charge in [0.15, 0.2) is 11.4 Å². The molecule has 136 valence electrons. The molecule has 1 fully saturated rings. The molecule has 1 aromatic carbocycles. The van der Waals surface area contributed by atoms with Gasteiger partial charge in [0.1, 0.15) is 17.4 Å². The van der Waals surface area contributed by atoms with Crippen molar-refractivity contribution < 1.29 is 9.21 Å². The number of anilines is 1. The monoisotopic (exact) mass is 353 g/mol. The van der Waals surface area contributed by atoms with Gasteiger partial charge in [-0.25, -0.2) is 9.97 Å². The van der Waals surface area contributed by atoms with Crippen LogP contribution < -0.4 is 10.2 Å². The second-order valence-electron chi connectivity index (χ2n) is 6.96. The summed E-state index contributed by atoms with van der Waals surface area (Å²) in [5.41, 5.74) is 2.41. The number of aromatic nitrogens is 2. The molecule has 4 rings (SSSR count). The van der Waals surface area contributed by atoms with Crippen LogP contribution in [0.5, 0.6) is 0 Å². The van der Waals surface area contributed by atoms with Crippen molar-refractivity contribution in [3.05, 3.63) is 30.6 Å². The van der Waals surface area contributed by atoms with E-state index in [1.165, 1.54) is 0 Å². The van der Waals surface area contributed by atoms with E-state index in [1.54, 1.807) is 6.33 Å². The highest BCUT2D eigenvalue weighted by Crippen LogP contribution is 2.32. The van der Waals surface area contributed by atoms with Crippen molar-refractivity contribution in [3.8, 4) is 0 Å². The number of rotatable bonds is 4. The summed E-state index contributed by atoms with van der Waals surface area (Å²) in [6.45, 7) is 7.63. The van der Waals surface area contributed by atoms with E-state index in [9.17, 15) is 4.79 Å². The van der Waals surface area contributed by atoms with Gasteiger partial charge in [-0.3, -0.25) is 9.69 Å². The SMILES string of the molecule is CC(C)NC(=O)CN1CCN(c2ncnc3c2oc2ccccc23)CC1. The van der Waals surface area contributed by atoms with E-state index < -0.39 is 0 Å². The Kier molecular flexibility index (Phi) is 4.46. The van der Waals surface area contributed by atoms with Crippen molar-refractivity contribution in [1.29, 1.82) is 0 Å². The molecule has 1 aliphatic rings. The summed E-state index contributed by atoms with van der Waals surface area (Å²) < 4.78 is 6.03. The van der Waals surface area contributed by atoms with Crippen LogP contribution in [-0.4, -0.2) is 59.5 Å². The number of carbonyl (C=O) groups is 1. The molecular formula is C19H23N5O2. The molecule has 1 N–H and O–H groups in total. The van der Waals surface area contributed by atoms with Gasteiger partial charge in [-0.15, -0.1) is 0 Å². The maximum absolute atomic E-state index is 11.9. The third kappa shape index (κ3) is 3.22. The van der Waals surface area contributed by atoms with Crippen molar-refractivity contribution in [2.75, 3.05) is 37.6 Å². The molecule has 0 spiro atoms. The Labute approximate surface area is 152 Å². The molecular weight excluding hydrogens is 330 g/mol. The minimum absolute atomic E-state index is 0.0789. The summed E-state index contributed by atoms with van der Waals surface area (Å²) in [6.07, 6.45) is 1.60. The summed E-state index contributed by atoms with van der Waals surface area (Å²) in [5, 5.41) is 3.95. The van der Waals surface area contributed by atoms with Gasteiger partial charge in [0.05, 0.1) is 6.54 Å². The Morgan fingerprint density at radius 3 is 2.73 bits per heavy atom. The smallest absolute Gasteiger partial charge is 0.234 e. The number of hydrogen-bond acceptors (Lipinski definition) is 6. The second kappa shape index (κ2) is 6.92. The molecule has 26 heavy (non-hydrogen) atoms. The maximum atomic E-state index is 11.9. The number of hydrogen-bond donors (Lipinski definition) is 1. The number of piperazine rings is 1. The lowest BCUT2D eigenvalue weighted by atomic mass is 10.2. The number of benzene rings is 1. The third-order valence-corrected chi connectivity index (χ3v) is 4.63. The summed E-state index contributed by atoms with van der Waals surface area (Å²) in [5.74, 6) is 0.910. The largest absolute Gasteiger partial charge is 0.450 e. The summed E-state index contributed by atoms with van der Waals surface area (Å²) in [7, 11) is 0. The molecule has 0 unspecified atom stereocenters. The molecule has 1 aliphatic heterocycles. The van der Waals surface area contributed by atoms with Crippen molar-refractivity contribution in [1.82, 2.24) is 20.2 Å². The zero-order valence-corrected chi connectivity index (χ0v) is 15.1. The second-order valence-corrected chi connectivity index (χ2v) is 6.96. The van der Waals surface area contributed by atoms with E-state index in [1.807, 2.05) is 38.1 Å². The van der Waals surface area contributed by atoms with Crippen LogP contribution in [0.2, 0.25) is 0 Å². The topological polar surface area (TPSA) is 74.5 Å². The van der Waals surface area contributed by atoms with E-state index in [4.69, 9.17) is 4.42 Å². The molecule has 7 heteroatoms. The fourth-order valence-corrected chi connectivity index (χ4v) is 3.43. The lowest BCUT2D eigenvalue weighted by molar-refractivity contribution is -0.122. The summed E-state index contributed by atoms with van der Waals surface area (Å²) in [6, 6.07) is 8.08. The Morgan fingerprint density at radius 1 is 1.19 bits per heavy atom. The highest BCUT2D eigenvalue weighted by atomic mass is 16.3.